The highest BCUT2D eigenvalue weighted by molar-refractivity contribution is 5.80. The Morgan fingerprint density at radius 2 is 1.64 bits per heavy atom. The van der Waals surface area contributed by atoms with Crippen LogP contribution in [0.25, 0.3) is 11.1 Å². The summed E-state index contributed by atoms with van der Waals surface area (Å²) in [5.74, 6) is 0.313. The van der Waals surface area contributed by atoms with Crippen LogP contribution in [0.3, 0.4) is 0 Å². The Morgan fingerprint density at radius 3 is 2.36 bits per heavy atom. The normalized spacial score (nSPS) is 24.1. The van der Waals surface area contributed by atoms with E-state index in [9.17, 15) is 4.79 Å². The van der Waals surface area contributed by atoms with Crippen LogP contribution < -0.4 is 0 Å². The molecule has 0 spiro atoms. The number of cyclic esters (lactones) is 1. The van der Waals surface area contributed by atoms with Gasteiger partial charge in [-0.2, -0.15) is 0 Å². The Hall–Kier alpha value is -2.35. The van der Waals surface area contributed by atoms with Crippen molar-refractivity contribution in [1.29, 1.82) is 0 Å². The molecule has 2 aliphatic rings. The molecule has 25 heavy (non-hydrogen) atoms. The minimum atomic E-state index is -0.344. The van der Waals surface area contributed by atoms with E-state index in [0.717, 1.165) is 19.3 Å². The summed E-state index contributed by atoms with van der Waals surface area (Å²) < 4.78 is 5.39. The average Bonchev–Trinajstić information content (AvgIpc) is 3.01. The number of hydrogen-bond acceptors (Lipinski definition) is 2. The first-order valence-electron chi connectivity index (χ1n) is 9.24. The third-order valence-electron chi connectivity index (χ3n) is 5.25. The summed E-state index contributed by atoms with van der Waals surface area (Å²) in [6.45, 7) is 4.57. The molecule has 4 rings (SSSR count). The molecular weight excluding hydrogens is 308 g/mol. The van der Waals surface area contributed by atoms with Crippen molar-refractivity contribution in [2.75, 3.05) is 6.61 Å². The number of carbonyl (C=O) groups excluding carboxylic acids is 1. The maximum atomic E-state index is 12.4. The third kappa shape index (κ3) is 3.39. The molecule has 0 bridgehead atoms. The molecule has 2 heteroatoms. The van der Waals surface area contributed by atoms with Gasteiger partial charge < -0.3 is 4.74 Å². The maximum Gasteiger partial charge on any atom is 0.313 e. The number of ether oxygens (including phenoxy) is 1. The van der Waals surface area contributed by atoms with Gasteiger partial charge in [-0.25, -0.2) is 0 Å². The van der Waals surface area contributed by atoms with Crippen LogP contribution in [0.1, 0.15) is 32.3 Å². The van der Waals surface area contributed by atoms with Gasteiger partial charge in [-0.3, -0.25) is 4.79 Å². The largest absolute Gasteiger partial charge is 0.465 e. The molecule has 1 heterocycles. The van der Waals surface area contributed by atoms with Gasteiger partial charge in [0.15, 0.2) is 0 Å². The molecule has 1 aliphatic heterocycles. The summed E-state index contributed by atoms with van der Waals surface area (Å²) >= 11 is 0. The zero-order valence-corrected chi connectivity index (χ0v) is 15.1. The van der Waals surface area contributed by atoms with Crippen LogP contribution >= 0.6 is 0 Å². The molecule has 1 fully saturated rings. The predicted octanol–water partition coefficient (Wildman–Crippen LogP) is 5.43. The summed E-state index contributed by atoms with van der Waals surface area (Å²) in [5.41, 5.74) is 3.30. The van der Waals surface area contributed by atoms with Gasteiger partial charge in [0.1, 0.15) is 0 Å². The number of hydrogen-bond donors (Lipinski definition) is 0. The fourth-order valence-electron chi connectivity index (χ4n) is 3.84. The number of benzene rings is 2. The maximum absolute atomic E-state index is 12.4. The van der Waals surface area contributed by atoms with Crippen LogP contribution in [-0.2, 0) is 16.0 Å². The molecule has 0 amide bonds. The Labute approximate surface area is 150 Å². The van der Waals surface area contributed by atoms with Gasteiger partial charge in [-0.1, -0.05) is 80.6 Å². The van der Waals surface area contributed by atoms with Crippen molar-refractivity contribution in [2.45, 2.75) is 33.1 Å². The number of allylic oxidation sites excluding steroid dienone is 2. The molecule has 2 aromatic rings. The molecule has 2 atom stereocenters. The first-order valence-corrected chi connectivity index (χ1v) is 9.24. The molecule has 0 radical (unpaired) electrons. The van der Waals surface area contributed by atoms with Crippen LogP contribution in [0.15, 0.2) is 66.7 Å². The lowest BCUT2D eigenvalue weighted by Gasteiger charge is -2.32. The van der Waals surface area contributed by atoms with Crippen LogP contribution in [0, 0.1) is 11.3 Å². The highest BCUT2D eigenvalue weighted by atomic mass is 16.5. The first kappa shape index (κ1) is 17.5. The smallest absolute Gasteiger partial charge is 0.313 e. The van der Waals surface area contributed by atoms with Crippen molar-refractivity contribution >= 4 is 5.97 Å². The Bertz CT molecular complexity index is 730. The number of fused-ring (bicyclic) bond motifs is 1. The SMILES string of the molecule is CC.O=C1OCC2CC=CCC12Cc1ccc(-c2ccccc2)cc1. The number of esters is 1. The zero-order chi connectivity index (χ0) is 17.7. The lowest BCUT2D eigenvalue weighted by Crippen LogP contribution is -2.36. The van der Waals surface area contributed by atoms with E-state index in [1.807, 2.05) is 19.9 Å². The second kappa shape index (κ2) is 7.69. The highest BCUT2D eigenvalue weighted by Gasteiger charge is 2.51. The predicted molar refractivity (Wildman–Crippen MR) is 102 cm³/mol. The molecule has 2 nitrogen and oxygen atoms in total. The Morgan fingerprint density at radius 1 is 0.960 bits per heavy atom. The lowest BCUT2D eigenvalue weighted by molar-refractivity contribution is -0.146. The van der Waals surface area contributed by atoms with E-state index in [0.29, 0.717) is 12.5 Å². The van der Waals surface area contributed by atoms with Crippen molar-refractivity contribution in [3.8, 4) is 11.1 Å². The quantitative estimate of drug-likeness (QED) is 0.552. The molecule has 0 aromatic heterocycles. The van der Waals surface area contributed by atoms with E-state index in [2.05, 4.69) is 60.7 Å². The minimum absolute atomic E-state index is 0.0148. The second-order valence-corrected chi connectivity index (χ2v) is 6.60. The van der Waals surface area contributed by atoms with Crippen LogP contribution in [0.4, 0.5) is 0 Å². The van der Waals surface area contributed by atoms with Crippen molar-refractivity contribution in [3.05, 3.63) is 72.3 Å². The number of rotatable bonds is 3. The van der Waals surface area contributed by atoms with E-state index < -0.39 is 0 Å². The summed E-state index contributed by atoms with van der Waals surface area (Å²) in [4.78, 5) is 12.4. The minimum Gasteiger partial charge on any atom is -0.465 e. The van der Waals surface area contributed by atoms with Gasteiger partial charge >= 0.3 is 5.97 Å². The van der Waals surface area contributed by atoms with E-state index in [1.165, 1.54) is 16.7 Å². The monoisotopic (exact) mass is 334 g/mol. The van der Waals surface area contributed by atoms with Crippen LogP contribution in [0.2, 0.25) is 0 Å². The summed E-state index contributed by atoms with van der Waals surface area (Å²) in [5, 5.41) is 0. The first-order chi connectivity index (χ1) is 12.3. The van der Waals surface area contributed by atoms with Gasteiger partial charge in [0.2, 0.25) is 0 Å². The molecular formula is C23H26O2. The summed E-state index contributed by atoms with van der Waals surface area (Å²) in [6.07, 6.45) is 6.85. The second-order valence-electron chi connectivity index (χ2n) is 6.60. The molecule has 0 N–H and O–H groups in total. The zero-order valence-electron chi connectivity index (χ0n) is 15.1. The van der Waals surface area contributed by atoms with Crippen molar-refractivity contribution in [3.63, 3.8) is 0 Å². The summed E-state index contributed by atoms with van der Waals surface area (Å²) in [7, 11) is 0. The molecule has 130 valence electrons. The van der Waals surface area contributed by atoms with Crippen molar-refractivity contribution < 1.29 is 9.53 Å². The molecule has 1 saturated heterocycles. The highest BCUT2D eigenvalue weighted by Crippen LogP contribution is 2.46. The van der Waals surface area contributed by atoms with Crippen LogP contribution in [-0.4, -0.2) is 12.6 Å². The molecule has 0 saturated carbocycles. The van der Waals surface area contributed by atoms with E-state index in [1.54, 1.807) is 0 Å². The standard InChI is InChI=1S/C21H20O2.C2H6/c22-20-21(13-5-4-8-19(21)15-23-20)14-16-9-11-18(12-10-16)17-6-2-1-3-7-17;1-2/h1-7,9-12,19H,8,13-15H2;1-2H3. The van der Waals surface area contributed by atoms with Gasteiger partial charge in [0, 0.05) is 5.92 Å². The van der Waals surface area contributed by atoms with Gasteiger partial charge in [0.25, 0.3) is 0 Å². The molecule has 2 aromatic carbocycles. The van der Waals surface area contributed by atoms with E-state index in [-0.39, 0.29) is 11.4 Å². The topological polar surface area (TPSA) is 26.3 Å². The Balaban J connectivity index is 0.000000880. The average molecular weight is 334 g/mol. The van der Waals surface area contributed by atoms with Crippen molar-refractivity contribution in [2.24, 2.45) is 11.3 Å². The fraction of sp³-hybridized carbons (Fsp3) is 0.348. The van der Waals surface area contributed by atoms with Crippen LogP contribution in [0.5, 0.6) is 0 Å². The number of carbonyl (C=O) groups is 1. The van der Waals surface area contributed by atoms with E-state index in [4.69, 9.17) is 4.74 Å². The molecule has 2 unspecified atom stereocenters. The molecule has 1 aliphatic carbocycles. The Kier molecular flexibility index (Phi) is 5.37. The summed E-state index contributed by atoms with van der Waals surface area (Å²) in [6, 6.07) is 19.0. The van der Waals surface area contributed by atoms with Crippen molar-refractivity contribution in [1.82, 2.24) is 0 Å². The third-order valence-corrected chi connectivity index (χ3v) is 5.25. The van der Waals surface area contributed by atoms with Gasteiger partial charge in [0.05, 0.1) is 12.0 Å². The van der Waals surface area contributed by atoms with Gasteiger partial charge in [-0.05, 0) is 36.0 Å². The van der Waals surface area contributed by atoms with Gasteiger partial charge in [-0.15, -0.1) is 0 Å². The lowest BCUT2D eigenvalue weighted by atomic mass is 9.67. The fourth-order valence-corrected chi connectivity index (χ4v) is 3.84. The van der Waals surface area contributed by atoms with E-state index >= 15 is 0 Å².